The van der Waals surface area contributed by atoms with Crippen molar-refractivity contribution in [1.29, 1.82) is 0 Å². The zero-order chi connectivity index (χ0) is 16.9. The van der Waals surface area contributed by atoms with E-state index in [-0.39, 0.29) is 12.5 Å². The molecule has 0 aliphatic rings. The van der Waals surface area contributed by atoms with Crippen LogP contribution in [0.4, 0.5) is 5.69 Å². The van der Waals surface area contributed by atoms with E-state index in [0.29, 0.717) is 28.2 Å². The molecule has 24 heavy (non-hydrogen) atoms. The van der Waals surface area contributed by atoms with Gasteiger partial charge in [0, 0.05) is 29.3 Å². The highest BCUT2D eigenvalue weighted by Crippen LogP contribution is 2.22. The number of carbonyl (C=O) groups excluding carboxylic acids is 1. The van der Waals surface area contributed by atoms with Crippen molar-refractivity contribution in [2.75, 3.05) is 5.32 Å². The van der Waals surface area contributed by atoms with Crippen molar-refractivity contribution in [1.82, 2.24) is 10.2 Å². The number of nitrogens with zero attached hydrogens (tertiary/aromatic N) is 2. The third-order valence-corrected chi connectivity index (χ3v) is 3.33. The molecule has 0 fully saturated rings. The van der Waals surface area contributed by atoms with Crippen molar-refractivity contribution in [3.63, 3.8) is 0 Å². The van der Waals surface area contributed by atoms with Crippen molar-refractivity contribution >= 4 is 23.2 Å². The Hall–Kier alpha value is -2.86. The maximum atomic E-state index is 11.1. The number of anilines is 1. The number of benzene rings is 2. The summed E-state index contributed by atoms with van der Waals surface area (Å²) in [7, 11) is 0. The lowest BCUT2D eigenvalue weighted by Gasteiger charge is -2.06. The molecule has 1 heterocycles. The van der Waals surface area contributed by atoms with E-state index in [1.165, 1.54) is 6.92 Å². The molecule has 0 aliphatic heterocycles. The molecular formula is C17H14ClN3O3. The number of nitrogens with one attached hydrogen (secondary N) is 1. The smallest absolute Gasteiger partial charge is 0.254 e. The van der Waals surface area contributed by atoms with E-state index in [0.717, 1.165) is 5.56 Å². The quantitative estimate of drug-likeness (QED) is 0.759. The first kappa shape index (κ1) is 16.0. The van der Waals surface area contributed by atoms with Crippen molar-refractivity contribution in [3.05, 3.63) is 59.4 Å². The molecule has 1 N–H and O–H groups in total. The van der Waals surface area contributed by atoms with Crippen molar-refractivity contribution in [2.24, 2.45) is 0 Å². The second-order valence-electron chi connectivity index (χ2n) is 5.01. The Kier molecular flexibility index (Phi) is 4.77. The molecule has 0 bridgehead atoms. The summed E-state index contributed by atoms with van der Waals surface area (Å²) in [4.78, 5) is 11.1. The van der Waals surface area contributed by atoms with Gasteiger partial charge in [0.15, 0.2) is 6.61 Å². The Morgan fingerprint density at radius 1 is 1.21 bits per heavy atom. The molecule has 7 heteroatoms. The maximum Gasteiger partial charge on any atom is 0.254 e. The highest BCUT2D eigenvalue weighted by Gasteiger charge is 2.09. The fraction of sp³-hybridized carbons (Fsp3) is 0.118. The van der Waals surface area contributed by atoms with Crippen LogP contribution < -0.4 is 10.1 Å². The van der Waals surface area contributed by atoms with Gasteiger partial charge >= 0.3 is 0 Å². The fourth-order valence-corrected chi connectivity index (χ4v) is 2.16. The van der Waals surface area contributed by atoms with Gasteiger partial charge in [0.25, 0.3) is 5.89 Å². The summed E-state index contributed by atoms with van der Waals surface area (Å²) < 4.78 is 11.2. The lowest BCUT2D eigenvalue weighted by atomic mass is 10.2. The van der Waals surface area contributed by atoms with Crippen LogP contribution in [0.3, 0.4) is 0 Å². The molecule has 2 aromatic carbocycles. The largest absolute Gasteiger partial charge is 0.484 e. The number of ether oxygens (including phenoxy) is 1. The Morgan fingerprint density at radius 2 is 2.00 bits per heavy atom. The molecule has 1 amide bonds. The van der Waals surface area contributed by atoms with Gasteiger partial charge in [-0.1, -0.05) is 17.7 Å². The van der Waals surface area contributed by atoms with Gasteiger partial charge in [-0.2, -0.15) is 0 Å². The predicted molar refractivity (Wildman–Crippen MR) is 89.8 cm³/mol. The standard InChI is InChI=1S/C17H14ClN3O3/c1-11(22)19-14-3-2-4-15(9-14)23-10-16-20-21-17(24-16)12-5-7-13(18)8-6-12/h2-9H,10H2,1H3,(H,19,22). The van der Waals surface area contributed by atoms with Crippen LogP contribution in [-0.2, 0) is 11.4 Å². The summed E-state index contributed by atoms with van der Waals surface area (Å²) in [6, 6.07) is 14.2. The van der Waals surface area contributed by atoms with Gasteiger partial charge in [0.05, 0.1) is 0 Å². The molecule has 3 aromatic rings. The van der Waals surface area contributed by atoms with Crippen LogP contribution in [0.5, 0.6) is 5.75 Å². The molecule has 0 saturated heterocycles. The van der Waals surface area contributed by atoms with E-state index in [9.17, 15) is 4.79 Å². The van der Waals surface area contributed by atoms with Crippen LogP contribution in [0.1, 0.15) is 12.8 Å². The van der Waals surface area contributed by atoms with Gasteiger partial charge in [-0.05, 0) is 36.4 Å². The SMILES string of the molecule is CC(=O)Nc1cccc(OCc2nnc(-c3ccc(Cl)cc3)o2)c1. The van der Waals surface area contributed by atoms with Crippen LogP contribution in [-0.4, -0.2) is 16.1 Å². The fourth-order valence-electron chi connectivity index (χ4n) is 2.03. The van der Waals surface area contributed by atoms with Gasteiger partial charge < -0.3 is 14.5 Å². The number of hydrogen-bond donors (Lipinski definition) is 1. The average molecular weight is 344 g/mol. The molecule has 0 saturated carbocycles. The van der Waals surface area contributed by atoms with Gasteiger partial charge in [-0.25, -0.2) is 0 Å². The van der Waals surface area contributed by atoms with Gasteiger partial charge in [0.2, 0.25) is 11.8 Å². The third-order valence-electron chi connectivity index (χ3n) is 3.07. The Bertz CT molecular complexity index is 846. The number of aromatic nitrogens is 2. The lowest BCUT2D eigenvalue weighted by Crippen LogP contribution is -2.05. The normalized spacial score (nSPS) is 10.4. The minimum atomic E-state index is -0.142. The third kappa shape index (κ3) is 4.11. The summed E-state index contributed by atoms with van der Waals surface area (Å²) in [5.74, 6) is 1.20. The Balaban J connectivity index is 1.65. The van der Waals surface area contributed by atoms with E-state index in [4.69, 9.17) is 20.8 Å². The minimum absolute atomic E-state index is 0.129. The predicted octanol–water partition coefficient (Wildman–Crippen LogP) is 3.93. The molecule has 0 atom stereocenters. The summed E-state index contributed by atoms with van der Waals surface area (Å²) in [5, 5.41) is 11.3. The first-order valence-electron chi connectivity index (χ1n) is 7.19. The summed E-state index contributed by atoms with van der Waals surface area (Å²) >= 11 is 5.85. The van der Waals surface area contributed by atoms with Crippen molar-refractivity contribution < 1.29 is 13.9 Å². The van der Waals surface area contributed by atoms with Crippen LogP contribution in [0.25, 0.3) is 11.5 Å². The van der Waals surface area contributed by atoms with E-state index >= 15 is 0 Å². The van der Waals surface area contributed by atoms with E-state index < -0.39 is 0 Å². The number of hydrogen-bond acceptors (Lipinski definition) is 5. The highest BCUT2D eigenvalue weighted by atomic mass is 35.5. The number of amides is 1. The maximum absolute atomic E-state index is 11.1. The summed E-state index contributed by atoms with van der Waals surface area (Å²) in [5.41, 5.74) is 1.44. The zero-order valence-corrected chi connectivity index (χ0v) is 13.6. The van der Waals surface area contributed by atoms with Crippen molar-refractivity contribution in [3.8, 4) is 17.2 Å². The summed E-state index contributed by atoms with van der Waals surface area (Å²) in [6.07, 6.45) is 0. The monoisotopic (exact) mass is 343 g/mol. The van der Waals surface area contributed by atoms with Gasteiger partial charge in [0.1, 0.15) is 5.75 Å². The first-order valence-corrected chi connectivity index (χ1v) is 7.57. The topological polar surface area (TPSA) is 77.2 Å². The molecule has 1 aromatic heterocycles. The molecule has 0 aliphatic carbocycles. The minimum Gasteiger partial charge on any atom is -0.484 e. The Labute approximate surface area is 143 Å². The average Bonchev–Trinajstić information content (AvgIpc) is 3.02. The van der Waals surface area contributed by atoms with Crippen LogP contribution in [0.15, 0.2) is 52.9 Å². The molecule has 122 valence electrons. The number of rotatable bonds is 5. The first-order chi connectivity index (χ1) is 11.6. The molecule has 0 spiro atoms. The Morgan fingerprint density at radius 3 is 2.75 bits per heavy atom. The highest BCUT2D eigenvalue weighted by molar-refractivity contribution is 6.30. The van der Waals surface area contributed by atoms with Crippen LogP contribution in [0.2, 0.25) is 5.02 Å². The molecular weight excluding hydrogens is 330 g/mol. The molecule has 0 radical (unpaired) electrons. The zero-order valence-electron chi connectivity index (χ0n) is 12.8. The molecule has 6 nitrogen and oxygen atoms in total. The second-order valence-corrected chi connectivity index (χ2v) is 5.44. The van der Waals surface area contributed by atoms with Gasteiger partial charge in [-0.3, -0.25) is 4.79 Å². The second kappa shape index (κ2) is 7.14. The van der Waals surface area contributed by atoms with E-state index in [1.54, 1.807) is 48.5 Å². The molecule has 3 rings (SSSR count). The van der Waals surface area contributed by atoms with Crippen molar-refractivity contribution in [2.45, 2.75) is 13.5 Å². The lowest BCUT2D eigenvalue weighted by molar-refractivity contribution is -0.114. The van der Waals surface area contributed by atoms with Crippen LogP contribution >= 0.6 is 11.6 Å². The molecule has 0 unspecified atom stereocenters. The van der Waals surface area contributed by atoms with E-state index in [1.807, 2.05) is 0 Å². The van der Waals surface area contributed by atoms with Gasteiger partial charge in [-0.15, -0.1) is 10.2 Å². The van der Waals surface area contributed by atoms with Crippen LogP contribution in [0, 0.1) is 0 Å². The van der Waals surface area contributed by atoms with E-state index in [2.05, 4.69) is 15.5 Å². The number of carbonyl (C=O) groups is 1. The number of halogens is 1. The summed E-state index contributed by atoms with van der Waals surface area (Å²) in [6.45, 7) is 1.58.